The largest absolute Gasteiger partial charge is 0.358 e. The van der Waals surface area contributed by atoms with E-state index < -0.39 is 29.4 Å². The van der Waals surface area contributed by atoms with Gasteiger partial charge in [0.1, 0.15) is 18.0 Å². The molecule has 0 radical (unpaired) electrons. The number of rotatable bonds is 3. The van der Waals surface area contributed by atoms with E-state index in [1.54, 1.807) is 26.0 Å². The van der Waals surface area contributed by atoms with Crippen molar-refractivity contribution in [3.05, 3.63) is 76.5 Å². The molecule has 6 nitrogen and oxygen atoms in total. The van der Waals surface area contributed by atoms with Crippen LogP contribution in [0.25, 0.3) is 5.69 Å². The zero-order valence-corrected chi connectivity index (χ0v) is 15.1. The van der Waals surface area contributed by atoms with Crippen LogP contribution in [0.2, 0.25) is 0 Å². The van der Waals surface area contributed by atoms with Gasteiger partial charge in [0.15, 0.2) is 0 Å². The van der Waals surface area contributed by atoms with Gasteiger partial charge in [0.05, 0.1) is 11.4 Å². The molecule has 0 saturated carbocycles. The number of carbonyl (C=O) groups excluding carboxylic acids is 1. The van der Waals surface area contributed by atoms with E-state index in [9.17, 15) is 18.4 Å². The lowest BCUT2D eigenvalue weighted by molar-refractivity contribution is 0.245. The Morgan fingerprint density at radius 3 is 2.48 bits per heavy atom. The number of hydrogen-bond donors (Lipinski definition) is 0. The third kappa shape index (κ3) is 3.38. The van der Waals surface area contributed by atoms with E-state index in [1.165, 1.54) is 6.07 Å². The summed E-state index contributed by atoms with van der Waals surface area (Å²) in [4.78, 5) is 26.8. The first-order valence-electron chi connectivity index (χ1n) is 8.32. The average molecular weight is 372 g/mol. The van der Waals surface area contributed by atoms with E-state index in [1.807, 2.05) is 19.1 Å². The zero-order valence-electron chi connectivity index (χ0n) is 15.1. The third-order valence-corrected chi connectivity index (χ3v) is 4.11. The lowest BCUT2D eigenvalue weighted by Gasteiger charge is -2.26. The predicted molar refractivity (Wildman–Crippen MR) is 97.3 cm³/mol. The quantitative estimate of drug-likeness (QED) is 0.707. The molecule has 0 aliphatic rings. The number of aryl methyl sites for hydroxylation is 1. The van der Waals surface area contributed by atoms with Gasteiger partial charge < -0.3 is 0 Å². The minimum Gasteiger partial charge on any atom is -0.288 e. The fourth-order valence-corrected chi connectivity index (χ4v) is 2.80. The molecule has 0 spiro atoms. The molecule has 0 aliphatic heterocycles. The molecule has 2 aromatic carbocycles. The van der Waals surface area contributed by atoms with E-state index in [0.29, 0.717) is 11.8 Å². The molecule has 1 aromatic heterocycles. The van der Waals surface area contributed by atoms with Crippen LogP contribution in [-0.2, 0) is 0 Å². The molecule has 0 bridgehead atoms. The Balaban J connectivity index is 2.06. The van der Waals surface area contributed by atoms with Crippen molar-refractivity contribution < 1.29 is 13.6 Å². The van der Waals surface area contributed by atoms with Crippen molar-refractivity contribution in [1.82, 2.24) is 14.3 Å². The summed E-state index contributed by atoms with van der Waals surface area (Å²) in [5.41, 5.74) is 0.551. The molecule has 0 atom stereocenters. The molecule has 140 valence electrons. The summed E-state index contributed by atoms with van der Waals surface area (Å²) in [7, 11) is 0. The highest BCUT2D eigenvalue weighted by atomic mass is 19.1. The van der Waals surface area contributed by atoms with E-state index in [0.717, 1.165) is 32.1 Å². The summed E-state index contributed by atoms with van der Waals surface area (Å²) in [6, 6.07) is 8.76. The van der Waals surface area contributed by atoms with E-state index in [4.69, 9.17) is 0 Å². The van der Waals surface area contributed by atoms with Crippen molar-refractivity contribution in [3.63, 3.8) is 0 Å². The Morgan fingerprint density at radius 1 is 1.15 bits per heavy atom. The molecule has 0 N–H and O–H groups in total. The Labute approximate surface area is 154 Å². The van der Waals surface area contributed by atoms with Crippen LogP contribution in [0.5, 0.6) is 0 Å². The van der Waals surface area contributed by atoms with Crippen LogP contribution in [0.15, 0.2) is 53.6 Å². The standard InChI is InChI=1S/C19H18F2N4O2/c1-12(2)24(17-9-8-14(20)10-15(17)21)18(26)23-11-22-25(19(23)27)16-7-5-4-6-13(16)3/h4-12H,1-3H3. The second kappa shape index (κ2) is 7.14. The molecule has 0 aliphatic carbocycles. The Kier molecular flexibility index (Phi) is 4.89. The molecule has 1 amide bonds. The fourth-order valence-electron chi connectivity index (χ4n) is 2.80. The topological polar surface area (TPSA) is 60.1 Å². The normalized spacial score (nSPS) is 11.0. The lowest BCUT2D eigenvalue weighted by atomic mass is 10.2. The molecular formula is C19H18F2N4O2. The first-order chi connectivity index (χ1) is 12.8. The molecule has 0 unspecified atom stereocenters. The van der Waals surface area contributed by atoms with Gasteiger partial charge in [0.2, 0.25) is 0 Å². The van der Waals surface area contributed by atoms with Gasteiger partial charge in [0, 0.05) is 12.1 Å². The fraction of sp³-hybridized carbons (Fsp3) is 0.211. The number of para-hydroxylation sites is 1. The van der Waals surface area contributed by atoms with Crippen LogP contribution in [-0.4, -0.2) is 26.4 Å². The van der Waals surface area contributed by atoms with Crippen molar-refractivity contribution in [1.29, 1.82) is 0 Å². The summed E-state index contributed by atoms with van der Waals surface area (Å²) < 4.78 is 29.3. The molecule has 1 heterocycles. The minimum atomic E-state index is -0.892. The first-order valence-corrected chi connectivity index (χ1v) is 8.32. The number of hydrogen-bond acceptors (Lipinski definition) is 3. The summed E-state index contributed by atoms with van der Waals surface area (Å²) in [6.07, 6.45) is 1.09. The molecule has 0 fully saturated rings. The molecule has 27 heavy (non-hydrogen) atoms. The second-order valence-electron chi connectivity index (χ2n) is 6.32. The third-order valence-electron chi connectivity index (χ3n) is 4.11. The number of aromatic nitrogens is 3. The number of halogens is 2. The van der Waals surface area contributed by atoms with Crippen LogP contribution in [0.1, 0.15) is 19.4 Å². The van der Waals surface area contributed by atoms with Gasteiger partial charge in [-0.2, -0.15) is 14.3 Å². The SMILES string of the molecule is Cc1ccccc1-n1ncn(C(=O)N(c2ccc(F)cc2F)C(C)C)c1=O. The van der Waals surface area contributed by atoms with Crippen LogP contribution < -0.4 is 10.6 Å². The number of carbonyl (C=O) groups is 1. The van der Waals surface area contributed by atoms with Crippen molar-refractivity contribution in [3.8, 4) is 5.69 Å². The molecule has 3 aromatic rings. The van der Waals surface area contributed by atoms with Gasteiger partial charge in [-0.25, -0.2) is 18.4 Å². The number of benzene rings is 2. The summed E-state index contributed by atoms with van der Waals surface area (Å²) >= 11 is 0. The summed E-state index contributed by atoms with van der Waals surface area (Å²) in [5, 5.41) is 4.01. The Bertz CT molecular complexity index is 1060. The number of amides is 1. The summed E-state index contributed by atoms with van der Waals surface area (Å²) in [5.74, 6) is -1.65. The zero-order chi connectivity index (χ0) is 19.7. The first kappa shape index (κ1) is 18.5. The van der Waals surface area contributed by atoms with Crippen LogP contribution in [0.3, 0.4) is 0 Å². The Hall–Kier alpha value is -3.29. The van der Waals surface area contributed by atoms with E-state index in [-0.39, 0.29) is 5.69 Å². The van der Waals surface area contributed by atoms with Gasteiger partial charge in [-0.05, 0) is 44.5 Å². The maximum absolute atomic E-state index is 14.2. The van der Waals surface area contributed by atoms with Crippen molar-refractivity contribution in [2.45, 2.75) is 26.8 Å². The van der Waals surface area contributed by atoms with Gasteiger partial charge in [-0.1, -0.05) is 18.2 Å². The molecule has 3 rings (SSSR count). The van der Waals surface area contributed by atoms with Crippen molar-refractivity contribution in [2.75, 3.05) is 4.90 Å². The van der Waals surface area contributed by atoms with E-state index in [2.05, 4.69) is 5.10 Å². The van der Waals surface area contributed by atoms with Crippen LogP contribution in [0.4, 0.5) is 19.3 Å². The van der Waals surface area contributed by atoms with Crippen LogP contribution >= 0.6 is 0 Å². The van der Waals surface area contributed by atoms with Crippen molar-refractivity contribution >= 4 is 11.7 Å². The van der Waals surface area contributed by atoms with Crippen molar-refractivity contribution in [2.24, 2.45) is 0 Å². The van der Waals surface area contributed by atoms with Gasteiger partial charge in [-0.3, -0.25) is 4.90 Å². The Morgan fingerprint density at radius 2 is 1.85 bits per heavy atom. The average Bonchev–Trinajstić information content (AvgIpc) is 2.98. The number of nitrogens with zero attached hydrogens (tertiary/aromatic N) is 4. The van der Waals surface area contributed by atoms with Gasteiger partial charge >= 0.3 is 11.7 Å². The second-order valence-corrected chi connectivity index (χ2v) is 6.32. The van der Waals surface area contributed by atoms with Crippen LogP contribution in [0, 0.1) is 18.6 Å². The van der Waals surface area contributed by atoms with Gasteiger partial charge in [-0.15, -0.1) is 0 Å². The maximum Gasteiger partial charge on any atom is 0.358 e. The highest BCUT2D eigenvalue weighted by Gasteiger charge is 2.26. The summed E-state index contributed by atoms with van der Waals surface area (Å²) in [6.45, 7) is 5.14. The predicted octanol–water partition coefficient (Wildman–Crippen LogP) is 3.50. The smallest absolute Gasteiger partial charge is 0.288 e. The number of anilines is 1. The lowest BCUT2D eigenvalue weighted by Crippen LogP contribution is -2.44. The van der Waals surface area contributed by atoms with E-state index >= 15 is 0 Å². The maximum atomic E-state index is 14.2. The molecular weight excluding hydrogens is 354 g/mol. The highest BCUT2D eigenvalue weighted by molar-refractivity contribution is 5.94. The van der Waals surface area contributed by atoms with Gasteiger partial charge in [0.25, 0.3) is 0 Å². The monoisotopic (exact) mass is 372 g/mol. The minimum absolute atomic E-state index is 0.119. The highest BCUT2D eigenvalue weighted by Crippen LogP contribution is 2.23. The molecule has 0 saturated heterocycles. The molecule has 8 heteroatoms.